The Hall–Kier alpha value is -1.63. The van der Waals surface area contributed by atoms with Gasteiger partial charge in [0.05, 0.1) is 6.67 Å². The van der Waals surface area contributed by atoms with Gasteiger partial charge >= 0.3 is 0 Å². The number of nitrogens with one attached hydrogen (secondary N) is 2. The third-order valence-corrected chi connectivity index (χ3v) is 5.18. The molecule has 0 saturated carbocycles. The molecule has 0 bridgehead atoms. The number of nitrogens with zero attached hydrogens (tertiary/aromatic N) is 5. The summed E-state index contributed by atoms with van der Waals surface area (Å²) in [6, 6.07) is 0. The standard InChI is InChI=1S/C19H35N7/c1-16(2)9-10-20-17-22-18(21-15-25-11-5-3-6-12-25)24-19(23-17)26-13-7-4-8-14-26/h16H,3-15H2,1-2H3,(H2,20,21,22,23,24). The van der Waals surface area contributed by atoms with Crippen molar-refractivity contribution in [2.75, 3.05) is 54.9 Å². The number of likely N-dealkylation sites (tertiary alicyclic amines) is 1. The molecule has 0 radical (unpaired) electrons. The molecule has 3 heterocycles. The van der Waals surface area contributed by atoms with Crippen LogP contribution in [0.2, 0.25) is 0 Å². The molecular formula is C19H35N7. The molecule has 7 heteroatoms. The van der Waals surface area contributed by atoms with E-state index in [2.05, 4.69) is 44.2 Å². The molecule has 26 heavy (non-hydrogen) atoms. The zero-order valence-corrected chi connectivity index (χ0v) is 16.5. The van der Waals surface area contributed by atoms with Crippen molar-refractivity contribution >= 4 is 17.8 Å². The fraction of sp³-hybridized carbons (Fsp3) is 0.842. The zero-order valence-electron chi connectivity index (χ0n) is 16.5. The molecule has 0 atom stereocenters. The Balaban J connectivity index is 1.66. The van der Waals surface area contributed by atoms with E-state index in [1.54, 1.807) is 0 Å². The summed E-state index contributed by atoms with van der Waals surface area (Å²) in [6.45, 7) is 10.6. The fourth-order valence-corrected chi connectivity index (χ4v) is 3.53. The van der Waals surface area contributed by atoms with E-state index < -0.39 is 0 Å². The smallest absolute Gasteiger partial charge is 0.231 e. The van der Waals surface area contributed by atoms with Crippen molar-refractivity contribution in [3.63, 3.8) is 0 Å². The van der Waals surface area contributed by atoms with Crippen molar-refractivity contribution < 1.29 is 0 Å². The largest absolute Gasteiger partial charge is 0.354 e. The molecule has 0 aliphatic carbocycles. The van der Waals surface area contributed by atoms with Gasteiger partial charge in [0.15, 0.2) is 0 Å². The maximum absolute atomic E-state index is 4.71. The van der Waals surface area contributed by atoms with Gasteiger partial charge in [0.25, 0.3) is 0 Å². The Kier molecular flexibility index (Phi) is 7.29. The number of anilines is 3. The lowest BCUT2D eigenvalue weighted by Crippen LogP contribution is -2.35. The zero-order chi connectivity index (χ0) is 18.2. The molecule has 7 nitrogen and oxygen atoms in total. The van der Waals surface area contributed by atoms with E-state index >= 15 is 0 Å². The van der Waals surface area contributed by atoms with Crippen LogP contribution < -0.4 is 15.5 Å². The molecule has 0 spiro atoms. The van der Waals surface area contributed by atoms with Crippen LogP contribution in [-0.2, 0) is 0 Å². The Morgan fingerprint density at radius 3 is 2.08 bits per heavy atom. The van der Waals surface area contributed by atoms with Crippen LogP contribution in [0, 0.1) is 5.92 Å². The van der Waals surface area contributed by atoms with Crippen LogP contribution in [0.25, 0.3) is 0 Å². The van der Waals surface area contributed by atoms with Crippen LogP contribution in [-0.4, -0.2) is 59.2 Å². The summed E-state index contributed by atoms with van der Waals surface area (Å²) in [4.78, 5) is 18.8. The van der Waals surface area contributed by atoms with Gasteiger partial charge in [-0.1, -0.05) is 20.3 Å². The molecule has 1 aromatic rings. The molecule has 2 aliphatic heterocycles. The SMILES string of the molecule is CC(C)CCNc1nc(NCN2CCCCC2)nc(N2CCCCC2)n1. The highest BCUT2D eigenvalue weighted by Crippen LogP contribution is 2.19. The van der Waals surface area contributed by atoms with Crippen LogP contribution in [0.15, 0.2) is 0 Å². The number of rotatable bonds is 8. The van der Waals surface area contributed by atoms with E-state index in [0.29, 0.717) is 17.8 Å². The highest BCUT2D eigenvalue weighted by molar-refractivity contribution is 5.44. The van der Waals surface area contributed by atoms with E-state index in [1.807, 2.05) is 0 Å². The fourth-order valence-electron chi connectivity index (χ4n) is 3.53. The summed E-state index contributed by atoms with van der Waals surface area (Å²) in [7, 11) is 0. The molecule has 3 rings (SSSR count). The number of aromatic nitrogens is 3. The minimum absolute atomic E-state index is 0.669. The molecule has 0 aromatic carbocycles. The van der Waals surface area contributed by atoms with Crippen LogP contribution in [0.1, 0.15) is 58.8 Å². The first-order chi connectivity index (χ1) is 12.7. The second kappa shape index (κ2) is 9.90. The maximum atomic E-state index is 4.71. The van der Waals surface area contributed by atoms with Gasteiger partial charge < -0.3 is 15.5 Å². The lowest BCUT2D eigenvalue weighted by atomic mass is 10.1. The van der Waals surface area contributed by atoms with Crippen LogP contribution >= 0.6 is 0 Å². The van der Waals surface area contributed by atoms with E-state index in [4.69, 9.17) is 4.98 Å². The average molecular weight is 362 g/mol. The van der Waals surface area contributed by atoms with Crippen molar-refractivity contribution in [2.45, 2.75) is 58.8 Å². The first kappa shape index (κ1) is 19.1. The number of hydrogen-bond donors (Lipinski definition) is 2. The normalized spacial score (nSPS) is 19.0. The molecule has 0 amide bonds. The molecule has 2 saturated heterocycles. The van der Waals surface area contributed by atoms with E-state index in [-0.39, 0.29) is 0 Å². The Bertz CT molecular complexity index is 537. The minimum atomic E-state index is 0.669. The predicted molar refractivity (Wildman–Crippen MR) is 108 cm³/mol. The topological polar surface area (TPSA) is 69.2 Å². The van der Waals surface area contributed by atoms with Crippen molar-refractivity contribution in [3.8, 4) is 0 Å². The summed E-state index contributed by atoms with van der Waals surface area (Å²) in [5, 5.41) is 6.82. The Labute approximate surface area is 158 Å². The summed E-state index contributed by atoms with van der Waals surface area (Å²) in [5.74, 6) is 2.87. The molecule has 2 aliphatic rings. The Morgan fingerprint density at radius 1 is 0.808 bits per heavy atom. The second-order valence-corrected chi connectivity index (χ2v) is 7.95. The van der Waals surface area contributed by atoms with Gasteiger partial charge in [-0.3, -0.25) is 4.90 Å². The number of piperidine rings is 2. The van der Waals surface area contributed by atoms with Crippen molar-refractivity contribution in [3.05, 3.63) is 0 Å². The lowest BCUT2D eigenvalue weighted by Gasteiger charge is -2.28. The van der Waals surface area contributed by atoms with E-state index in [0.717, 1.165) is 51.8 Å². The molecule has 1 aromatic heterocycles. The predicted octanol–water partition coefficient (Wildman–Crippen LogP) is 3.18. The summed E-state index contributed by atoms with van der Waals surface area (Å²) in [5.41, 5.74) is 0. The molecule has 2 N–H and O–H groups in total. The van der Waals surface area contributed by atoms with Gasteiger partial charge in [0, 0.05) is 19.6 Å². The molecule has 2 fully saturated rings. The van der Waals surface area contributed by atoms with Crippen molar-refractivity contribution in [1.82, 2.24) is 19.9 Å². The average Bonchev–Trinajstić information content (AvgIpc) is 2.67. The van der Waals surface area contributed by atoms with E-state index in [9.17, 15) is 0 Å². The second-order valence-electron chi connectivity index (χ2n) is 7.95. The molecule has 0 unspecified atom stereocenters. The highest BCUT2D eigenvalue weighted by atomic mass is 15.3. The molecular weight excluding hydrogens is 326 g/mol. The third kappa shape index (κ3) is 5.97. The minimum Gasteiger partial charge on any atom is -0.354 e. The maximum Gasteiger partial charge on any atom is 0.231 e. The lowest BCUT2D eigenvalue weighted by molar-refractivity contribution is 0.243. The van der Waals surface area contributed by atoms with Crippen molar-refractivity contribution in [1.29, 1.82) is 0 Å². The first-order valence-electron chi connectivity index (χ1n) is 10.4. The summed E-state index contributed by atoms with van der Waals surface area (Å²) >= 11 is 0. The van der Waals surface area contributed by atoms with Gasteiger partial charge in [-0.15, -0.1) is 0 Å². The number of hydrogen-bond acceptors (Lipinski definition) is 7. The van der Waals surface area contributed by atoms with Gasteiger partial charge in [-0.25, -0.2) is 0 Å². The molecule has 146 valence electrons. The van der Waals surface area contributed by atoms with Crippen LogP contribution in [0.5, 0.6) is 0 Å². The Morgan fingerprint density at radius 2 is 1.42 bits per heavy atom. The van der Waals surface area contributed by atoms with Gasteiger partial charge in [0.1, 0.15) is 0 Å². The highest BCUT2D eigenvalue weighted by Gasteiger charge is 2.17. The summed E-state index contributed by atoms with van der Waals surface area (Å²) in [6.07, 6.45) is 8.80. The van der Waals surface area contributed by atoms with Crippen LogP contribution in [0.4, 0.5) is 17.8 Å². The van der Waals surface area contributed by atoms with Gasteiger partial charge in [-0.05, 0) is 57.5 Å². The van der Waals surface area contributed by atoms with E-state index in [1.165, 1.54) is 38.5 Å². The first-order valence-corrected chi connectivity index (χ1v) is 10.4. The van der Waals surface area contributed by atoms with Gasteiger partial charge in [0.2, 0.25) is 17.8 Å². The monoisotopic (exact) mass is 361 g/mol. The third-order valence-electron chi connectivity index (χ3n) is 5.18. The van der Waals surface area contributed by atoms with Crippen molar-refractivity contribution in [2.24, 2.45) is 5.92 Å². The quantitative estimate of drug-likeness (QED) is 0.737. The van der Waals surface area contributed by atoms with Gasteiger partial charge in [-0.2, -0.15) is 15.0 Å². The summed E-state index contributed by atoms with van der Waals surface area (Å²) < 4.78 is 0. The van der Waals surface area contributed by atoms with Crippen LogP contribution in [0.3, 0.4) is 0 Å².